The molecule has 2 aliphatic rings. The molecule has 0 saturated carbocycles. The van der Waals surface area contributed by atoms with Gasteiger partial charge in [-0.1, -0.05) is 24.3 Å². The normalized spacial score (nSPS) is 28.9. The summed E-state index contributed by atoms with van der Waals surface area (Å²) in [6.45, 7) is 1.20. The average molecular weight is 210 g/mol. The van der Waals surface area contributed by atoms with E-state index < -0.39 is 0 Å². The first-order valence-corrected chi connectivity index (χ1v) is 5.27. The molecule has 0 aromatic heterocycles. The lowest BCUT2D eigenvalue weighted by atomic mass is 9.96. The minimum Gasteiger partial charge on any atom is -1.00 e. The van der Waals surface area contributed by atoms with Crippen molar-refractivity contribution in [3.8, 4) is 0 Å². The van der Waals surface area contributed by atoms with Crippen LogP contribution in [0.5, 0.6) is 0 Å². The zero-order chi connectivity index (χ0) is 8.67. The van der Waals surface area contributed by atoms with Crippen LogP contribution >= 0.6 is 0 Å². The summed E-state index contributed by atoms with van der Waals surface area (Å²) in [5.74, 6) is 0.844. The SMILES string of the molecule is [Cl-].[H+].c1ccc2c(c1)C1CCCNC2C1. The van der Waals surface area contributed by atoms with E-state index >= 15 is 0 Å². The van der Waals surface area contributed by atoms with Gasteiger partial charge in [0.15, 0.2) is 0 Å². The van der Waals surface area contributed by atoms with Gasteiger partial charge in [0.1, 0.15) is 0 Å². The zero-order valence-corrected chi connectivity index (χ0v) is 8.93. The van der Waals surface area contributed by atoms with Crippen LogP contribution in [-0.4, -0.2) is 6.54 Å². The quantitative estimate of drug-likeness (QED) is 0.620. The summed E-state index contributed by atoms with van der Waals surface area (Å²) in [5, 5.41) is 3.63. The van der Waals surface area contributed by atoms with E-state index in [9.17, 15) is 0 Å². The molecule has 1 fully saturated rings. The Labute approximate surface area is 92.8 Å². The molecule has 1 aromatic carbocycles. The van der Waals surface area contributed by atoms with Crippen molar-refractivity contribution in [1.29, 1.82) is 0 Å². The summed E-state index contributed by atoms with van der Waals surface area (Å²) in [6, 6.07) is 9.60. The highest BCUT2D eigenvalue weighted by Crippen LogP contribution is 2.43. The second-order valence-corrected chi connectivity index (χ2v) is 4.21. The van der Waals surface area contributed by atoms with Crippen LogP contribution in [0.2, 0.25) is 0 Å². The largest absolute Gasteiger partial charge is 1.00 e. The van der Waals surface area contributed by atoms with E-state index in [2.05, 4.69) is 29.6 Å². The van der Waals surface area contributed by atoms with Crippen LogP contribution in [0.1, 0.15) is 43.8 Å². The zero-order valence-electron chi connectivity index (χ0n) is 9.17. The van der Waals surface area contributed by atoms with Crippen molar-refractivity contribution in [3.05, 3.63) is 35.4 Å². The van der Waals surface area contributed by atoms with Gasteiger partial charge in [-0.15, -0.1) is 0 Å². The topological polar surface area (TPSA) is 12.0 Å². The fourth-order valence-corrected chi connectivity index (χ4v) is 2.83. The van der Waals surface area contributed by atoms with E-state index in [0.29, 0.717) is 6.04 Å². The number of fused-ring (bicyclic) bond motifs is 5. The number of benzene rings is 1. The van der Waals surface area contributed by atoms with Crippen LogP contribution in [0.25, 0.3) is 0 Å². The lowest BCUT2D eigenvalue weighted by Gasteiger charge is -2.13. The Morgan fingerprint density at radius 2 is 2.00 bits per heavy atom. The summed E-state index contributed by atoms with van der Waals surface area (Å²) in [6.07, 6.45) is 4.05. The monoisotopic (exact) mass is 209 g/mol. The average Bonchev–Trinajstić information content (AvgIpc) is 2.35. The Morgan fingerprint density at radius 3 is 2.86 bits per heavy atom. The Bertz CT molecular complexity index is 298. The molecule has 1 saturated heterocycles. The predicted molar refractivity (Wildman–Crippen MR) is 54.9 cm³/mol. The Hall–Kier alpha value is -0.530. The van der Waals surface area contributed by atoms with Crippen molar-refractivity contribution in [2.75, 3.05) is 6.54 Å². The first kappa shape index (κ1) is 10.0. The standard InChI is InChI=1S/C12H15N.ClH/c1-2-6-11-10(5-1)9-4-3-7-13-12(11)8-9;/h1-2,5-6,9,12-13H,3-4,7-8H2;1H. The highest BCUT2D eigenvalue weighted by atomic mass is 35.5. The first-order valence-electron chi connectivity index (χ1n) is 5.27. The third-order valence-corrected chi connectivity index (χ3v) is 3.45. The number of hydrogen-bond acceptors (Lipinski definition) is 1. The molecule has 1 aliphatic heterocycles. The molecule has 1 heterocycles. The van der Waals surface area contributed by atoms with Crippen molar-refractivity contribution in [3.63, 3.8) is 0 Å². The smallest absolute Gasteiger partial charge is 1.00 e. The van der Waals surface area contributed by atoms with Gasteiger partial charge in [0.05, 0.1) is 0 Å². The number of halogens is 1. The number of hydrogen-bond donors (Lipinski definition) is 1. The summed E-state index contributed by atoms with van der Waals surface area (Å²) in [4.78, 5) is 0. The third kappa shape index (κ3) is 1.45. The number of nitrogens with one attached hydrogen (secondary N) is 1. The van der Waals surface area contributed by atoms with Crippen molar-refractivity contribution in [2.45, 2.75) is 31.2 Å². The Balaban J connectivity index is 0.000000562. The molecule has 0 radical (unpaired) electrons. The van der Waals surface area contributed by atoms with Crippen LogP contribution in [0.3, 0.4) is 0 Å². The summed E-state index contributed by atoms with van der Waals surface area (Å²) in [7, 11) is 0. The molecule has 2 atom stereocenters. The maximum absolute atomic E-state index is 3.63. The van der Waals surface area contributed by atoms with E-state index in [4.69, 9.17) is 0 Å². The minimum absolute atomic E-state index is 0. The van der Waals surface area contributed by atoms with Gasteiger partial charge in [-0.2, -0.15) is 0 Å². The van der Waals surface area contributed by atoms with Crippen molar-refractivity contribution in [1.82, 2.24) is 5.32 Å². The van der Waals surface area contributed by atoms with Gasteiger partial charge in [-0.25, -0.2) is 0 Å². The molecule has 1 aliphatic carbocycles. The molecular weight excluding hydrogens is 194 g/mol. The third-order valence-electron chi connectivity index (χ3n) is 3.45. The van der Waals surface area contributed by atoms with E-state index in [0.717, 1.165) is 5.92 Å². The molecule has 0 spiro atoms. The van der Waals surface area contributed by atoms with Crippen LogP contribution in [0.15, 0.2) is 24.3 Å². The van der Waals surface area contributed by atoms with Crippen LogP contribution in [0, 0.1) is 0 Å². The van der Waals surface area contributed by atoms with Gasteiger partial charge in [-0.3, -0.25) is 0 Å². The lowest BCUT2D eigenvalue weighted by Crippen LogP contribution is -3.00. The predicted octanol–water partition coefficient (Wildman–Crippen LogP) is -0.285. The minimum atomic E-state index is 0. The van der Waals surface area contributed by atoms with Crippen LogP contribution in [0.4, 0.5) is 0 Å². The Morgan fingerprint density at radius 1 is 1.21 bits per heavy atom. The fourth-order valence-electron chi connectivity index (χ4n) is 2.83. The van der Waals surface area contributed by atoms with Gasteiger partial charge in [0.25, 0.3) is 0 Å². The molecule has 76 valence electrons. The van der Waals surface area contributed by atoms with Crippen LogP contribution < -0.4 is 17.7 Å². The number of rotatable bonds is 0. The molecule has 1 N–H and O–H groups in total. The van der Waals surface area contributed by atoms with Crippen molar-refractivity contribution in [2.24, 2.45) is 0 Å². The maximum Gasteiger partial charge on any atom is 1.00 e. The first-order chi connectivity index (χ1) is 6.45. The van der Waals surface area contributed by atoms with Crippen molar-refractivity contribution < 1.29 is 13.8 Å². The molecule has 2 unspecified atom stereocenters. The molecule has 2 heteroatoms. The van der Waals surface area contributed by atoms with Crippen molar-refractivity contribution >= 4 is 0 Å². The van der Waals surface area contributed by atoms with Gasteiger partial charge < -0.3 is 17.7 Å². The van der Waals surface area contributed by atoms with Crippen LogP contribution in [-0.2, 0) is 0 Å². The lowest BCUT2D eigenvalue weighted by molar-refractivity contribution is -0.00000266. The molecule has 0 amide bonds. The van der Waals surface area contributed by atoms with E-state index in [-0.39, 0.29) is 13.8 Å². The van der Waals surface area contributed by atoms with E-state index in [1.165, 1.54) is 25.8 Å². The molecule has 3 rings (SSSR count). The molecule has 1 nitrogen and oxygen atoms in total. The van der Waals surface area contributed by atoms with Gasteiger partial charge in [-0.05, 0) is 42.9 Å². The van der Waals surface area contributed by atoms with E-state index in [1.54, 1.807) is 11.1 Å². The summed E-state index contributed by atoms with van der Waals surface area (Å²) < 4.78 is 0. The fraction of sp³-hybridized carbons (Fsp3) is 0.500. The second kappa shape index (κ2) is 3.92. The highest BCUT2D eigenvalue weighted by Gasteiger charge is 2.31. The van der Waals surface area contributed by atoms with E-state index in [1.807, 2.05) is 0 Å². The van der Waals surface area contributed by atoms with Gasteiger partial charge in [0, 0.05) is 6.04 Å². The maximum atomic E-state index is 3.63. The van der Waals surface area contributed by atoms with Gasteiger partial charge >= 0.3 is 1.43 Å². The van der Waals surface area contributed by atoms with Gasteiger partial charge in [0.2, 0.25) is 0 Å². The summed E-state index contributed by atoms with van der Waals surface area (Å²) in [5.41, 5.74) is 3.17. The molecule has 14 heavy (non-hydrogen) atoms. The highest BCUT2D eigenvalue weighted by molar-refractivity contribution is 5.38. The molecule has 1 aromatic rings. The second-order valence-electron chi connectivity index (χ2n) is 4.21. The molecule has 2 bridgehead atoms. The summed E-state index contributed by atoms with van der Waals surface area (Å²) >= 11 is 0. The molecular formula is C12H16ClN. The Kier molecular flexibility index (Phi) is 2.80.